The van der Waals surface area contributed by atoms with Gasteiger partial charge in [-0.1, -0.05) is 13.0 Å². The summed E-state index contributed by atoms with van der Waals surface area (Å²) in [5.41, 5.74) is 1.26. The summed E-state index contributed by atoms with van der Waals surface area (Å²) in [6.45, 7) is 3.31. The van der Waals surface area contributed by atoms with Gasteiger partial charge in [-0.25, -0.2) is 0 Å². The highest BCUT2D eigenvalue weighted by atomic mass is 14.9. The average molecular weight is 178 g/mol. The summed E-state index contributed by atoms with van der Waals surface area (Å²) in [5.74, 6) is 0.598. The van der Waals surface area contributed by atoms with Crippen LogP contribution in [0.3, 0.4) is 0 Å². The predicted octanol–water partition coefficient (Wildman–Crippen LogP) is 2.12. The number of allylic oxidation sites excluding steroid dienone is 2. The van der Waals surface area contributed by atoms with Crippen LogP contribution in [0.25, 0.3) is 0 Å². The van der Waals surface area contributed by atoms with Crippen LogP contribution in [0, 0.1) is 5.92 Å². The quantitative estimate of drug-likeness (QED) is 0.685. The van der Waals surface area contributed by atoms with Gasteiger partial charge in [-0.3, -0.25) is 4.99 Å². The van der Waals surface area contributed by atoms with Gasteiger partial charge in [0, 0.05) is 23.9 Å². The summed E-state index contributed by atoms with van der Waals surface area (Å²) in [6.07, 6.45) is 9.44. The van der Waals surface area contributed by atoms with Crippen LogP contribution < -0.4 is 5.32 Å². The van der Waals surface area contributed by atoms with Crippen LogP contribution in [0.5, 0.6) is 0 Å². The molecule has 13 heavy (non-hydrogen) atoms. The van der Waals surface area contributed by atoms with Crippen LogP contribution in [-0.4, -0.2) is 18.8 Å². The molecule has 1 unspecified atom stereocenters. The first kappa shape index (κ1) is 8.95. The van der Waals surface area contributed by atoms with Crippen LogP contribution in [0.2, 0.25) is 0 Å². The molecule has 2 heteroatoms. The molecule has 1 N–H and O–H groups in total. The highest BCUT2D eigenvalue weighted by Crippen LogP contribution is 2.20. The first-order valence-electron chi connectivity index (χ1n) is 5.36. The van der Waals surface area contributed by atoms with Crippen LogP contribution in [-0.2, 0) is 0 Å². The van der Waals surface area contributed by atoms with E-state index in [4.69, 9.17) is 0 Å². The standard InChI is InChI=1S/C11H18N2/c1-2-10-7-9(8-13-10)5-6-12-11-3-4-11/h7-9,11-12H,2-6H2,1H3. The van der Waals surface area contributed by atoms with E-state index < -0.39 is 0 Å². The molecule has 2 aliphatic rings. The van der Waals surface area contributed by atoms with E-state index in [0.29, 0.717) is 5.92 Å². The Bertz CT molecular complexity index is 226. The molecule has 0 radical (unpaired) electrons. The molecule has 1 heterocycles. The molecule has 1 atom stereocenters. The number of rotatable bonds is 5. The van der Waals surface area contributed by atoms with Crippen LogP contribution in [0.15, 0.2) is 16.8 Å². The molecule has 1 aliphatic heterocycles. The van der Waals surface area contributed by atoms with Gasteiger partial charge in [-0.05, 0) is 32.2 Å². The van der Waals surface area contributed by atoms with E-state index in [1.807, 2.05) is 0 Å². The van der Waals surface area contributed by atoms with Crippen molar-refractivity contribution in [2.45, 2.75) is 38.6 Å². The molecule has 0 saturated heterocycles. The van der Waals surface area contributed by atoms with Gasteiger partial charge in [-0.15, -0.1) is 0 Å². The van der Waals surface area contributed by atoms with Crippen LogP contribution in [0.1, 0.15) is 32.6 Å². The molecule has 0 bridgehead atoms. The largest absolute Gasteiger partial charge is 0.314 e. The highest BCUT2D eigenvalue weighted by Gasteiger charge is 2.20. The molecule has 0 aromatic carbocycles. The van der Waals surface area contributed by atoms with Gasteiger partial charge in [0.25, 0.3) is 0 Å². The Hall–Kier alpha value is -0.630. The van der Waals surface area contributed by atoms with E-state index in [0.717, 1.165) is 19.0 Å². The lowest BCUT2D eigenvalue weighted by atomic mass is 10.1. The maximum Gasteiger partial charge on any atom is 0.0363 e. The SMILES string of the molecule is CCC1=CC(CCNC2CC2)C=N1. The summed E-state index contributed by atoms with van der Waals surface area (Å²) in [5, 5.41) is 3.53. The smallest absolute Gasteiger partial charge is 0.0363 e. The summed E-state index contributed by atoms with van der Waals surface area (Å²) < 4.78 is 0. The molecule has 1 aliphatic carbocycles. The molecular weight excluding hydrogens is 160 g/mol. The van der Waals surface area contributed by atoms with Gasteiger partial charge in [0.1, 0.15) is 0 Å². The van der Waals surface area contributed by atoms with Crippen molar-refractivity contribution in [3.63, 3.8) is 0 Å². The molecule has 2 nitrogen and oxygen atoms in total. The van der Waals surface area contributed by atoms with E-state index in [1.54, 1.807) is 0 Å². The third-order valence-corrected chi connectivity index (χ3v) is 2.69. The number of nitrogens with one attached hydrogen (secondary N) is 1. The molecule has 0 spiro atoms. The Morgan fingerprint density at radius 3 is 3.00 bits per heavy atom. The number of hydrogen-bond donors (Lipinski definition) is 1. The minimum absolute atomic E-state index is 0.598. The highest BCUT2D eigenvalue weighted by molar-refractivity contribution is 5.68. The number of nitrogens with zero attached hydrogens (tertiary/aromatic N) is 1. The number of aliphatic imine (C=N–C) groups is 1. The third kappa shape index (κ3) is 2.66. The van der Waals surface area contributed by atoms with Crippen molar-refractivity contribution in [2.75, 3.05) is 6.54 Å². The van der Waals surface area contributed by atoms with Crippen molar-refractivity contribution in [2.24, 2.45) is 10.9 Å². The van der Waals surface area contributed by atoms with Crippen molar-refractivity contribution < 1.29 is 0 Å². The molecule has 2 rings (SSSR count). The van der Waals surface area contributed by atoms with Crippen molar-refractivity contribution in [1.29, 1.82) is 0 Å². The van der Waals surface area contributed by atoms with Gasteiger partial charge in [0.05, 0.1) is 0 Å². The first-order chi connectivity index (χ1) is 6.38. The molecule has 72 valence electrons. The molecule has 0 aromatic heterocycles. The summed E-state index contributed by atoms with van der Waals surface area (Å²) in [6, 6.07) is 0.841. The average Bonchev–Trinajstić information content (AvgIpc) is 2.84. The zero-order valence-corrected chi connectivity index (χ0v) is 8.29. The van der Waals surface area contributed by atoms with Crippen LogP contribution >= 0.6 is 0 Å². The first-order valence-corrected chi connectivity index (χ1v) is 5.36. The summed E-state index contributed by atoms with van der Waals surface area (Å²) in [4.78, 5) is 4.36. The van der Waals surface area contributed by atoms with Gasteiger partial charge in [0.2, 0.25) is 0 Å². The van der Waals surface area contributed by atoms with Crippen molar-refractivity contribution in [1.82, 2.24) is 5.32 Å². The Balaban J connectivity index is 1.65. The monoisotopic (exact) mass is 178 g/mol. The maximum absolute atomic E-state index is 4.36. The van der Waals surface area contributed by atoms with Crippen molar-refractivity contribution in [3.8, 4) is 0 Å². The maximum atomic E-state index is 4.36. The topological polar surface area (TPSA) is 24.4 Å². The third-order valence-electron chi connectivity index (χ3n) is 2.69. The van der Waals surface area contributed by atoms with Gasteiger partial charge in [-0.2, -0.15) is 0 Å². The van der Waals surface area contributed by atoms with Crippen molar-refractivity contribution in [3.05, 3.63) is 11.8 Å². The zero-order chi connectivity index (χ0) is 9.10. The van der Waals surface area contributed by atoms with E-state index in [1.165, 1.54) is 25.0 Å². The fourth-order valence-electron chi connectivity index (χ4n) is 1.63. The minimum Gasteiger partial charge on any atom is -0.314 e. The lowest BCUT2D eigenvalue weighted by Crippen LogP contribution is -2.19. The van der Waals surface area contributed by atoms with Gasteiger partial charge in [0.15, 0.2) is 0 Å². The zero-order valence-electron chi connectivity index (χ0n) is 8.29. The number of hydrogen-bond acceptors (Lipinski definition) is 2. The Morgan fingerprint density at radius 2 is 2.38 bits per heavy atom. The fraction of sp³-hybridized carbons (Fsp3) is 0.727. The fourth-order valence-corrected chi connectivity index (χ4v) is 1.63. The second kappa shape index (κ2) is 4.05. The molecule has 0 aromatic rings. The summed E-state index contributed by atoms with van der Waals surface area (Å²) >= 11 is 0. The van der Waals surface area contributed by atoms with E-state index >= 15 is 0 Å². The lowest BCUT2D eigenvalue weighted by molar-refractivity contribution is 0.622. The van der Waals surface area contributed by atoms with Gasteiger partial charge >= 0.3 is 0 Å². The molecule has 1 saturated carbocycles. The second-order valence-corrected chi connectivity index (χ2v) is 3.97. The Labute approximate surface area is 80.1 Å². The normalized spacial score (nSPS) is 26.5. The van der Waals surface area contributed by atoms with E-state index in [9.17, 15) is 0 Å². The molecular formula is C11H18N2. The summed E-state index contributed by atoms with van der Waals surface area (Å²) in [7, 11) is 0. The Kier molecular flexibility index (Phi) is 2.79. The Morgan fingerprint density at radius 1 is 1.54 bits per heavy atom. The molecule has 1 fully saturated rings. The minimum atomic E-state index is 0.598. The van der Waals surface area contributed by atoms with Crippen molar-refractivity contribution >= 4 is 6.21 Å². The second-order valence-electron chi connectivity index (χ2n) is 3.97. The predicted molar refractivity (Wildman–Crippen MR) is 56.0 cm³/mol. The van der Waals surface area contributed by atoms with Crippen LogP contribution in [0.4, 0.5) is 0 Å². The molecule has 0 amide bonds. The van der Waals surface area contributed by atoms with E-state index in [2.05, 4.69) is 29.5 Å². The lowest BCUT2D eigenvalue weighted by Gasteiger charge is -2.04. The van der Waals surface area contributed by atoms with E-state index in [-0.39, 0.29) is 0 Å². The van der Waals surface area contributed by atoms with Gasteiger partial charge < -0.3 is 5.32 Å².